The largest absolute Gasteiger partial charge is 0.478 e. The van der Waals surface area contributed by atoms with E-state index in [1.807, 2.05) is 4.57 Å². The third-order valence-electron chi connectivity index (χ3n) is 3.37. The van der Waals surface area contributed by atoms with E-state index in [9.17, 15) is 4.79 Å². The van der Waals surface area contributed by atoms with Crippen LogP contribution >= 0.6 is 11.6 Å². The molecule has 0 aliphatic carbocycles. The van der Waals surface area contributed by atoms with E-state index in [0.29, 0.717) is 12.4 Å². The Bertz CT molecular complexity index is 634. The number of rotatable bonds is 4. The van der Waals surface area contributed by atoms with Gasteiger partial charge in [0.15, 0.2) is 0 Å². The molecule has 1 aromatic heterocycles. The zero-order valence-electron chi connectivity index (χ0n) is 10.2. The first kappa shape index (κ1) is 12.4. The second-order valence-electron chi connectivity index (χ2n) is 4.56. The first-order valence-electron chi connectivity index (χ1n) is 6.09. The molecule has 5 nitrogen and oxygen atoms in total. The van der Waals surface area contributed by atoms with Crippen molar-refractivity contribution in [2.45, 2.75) is 24.9 Å². The molecular formula is C13H13ClN2O3. The molecule has 1 aromatic carbocycles. The van der Waals surface area contributed by atoms with Gasteiger partial charge in [0.2, 0.25) is 0 Å². The molecule has 6 heteroatoms. The number of fused-ring (bicyclic) bond motifs is 1. The Morgan fingerprint density at radius 1 is 1.58 bits per heavy atom. The van der Waals surface area contributed by atoms with Crippen LogP contribution in [0.4, 0.5) is 0 Å². The van der Waals surface area contributed by atoms with E-state index in [4.69, 9.17) is 21.4 Å². The van der Waals surface area contributed by atoms with Crippen LogP contribution in [0.5, 0.6) is 0 Å². The molecule has 1 saturated heterocycles. The summed E-state index contributed by atoms with van der Waals surface area (Å²) in [6.45, 7) is 1.45. The lowest BCUT2D eigenvalue weighted by molar-refractivity contribution is -0.0589. The molecule has 2 heterocycles. The van der Waals surface area contributed by atoms with Gasteiger partial charge in [0.1, 0.15) is 5.82 Å². The van der Waals surface area contributed by atoms with Crippen LogP contribution in [-0.2, 0) is 17.2 Å². The van der Waals surface area contributed by atoms with Crippen molar-refractivity contribution in [2.75, 3.05) is 6.61 Å². The van der Waals surface area contributed by atoms with Crippen molar-refractivity contribution in [3.63, 3.8) is 0 Å². The van der Waals surface area contributed by atoms with Gasteiger partial charge in [-0.3, -0.25) is 0 Å². The van der Waals surface area contributed by atoms with Gasteiger partial charge in [-0.05, 0) is 24.6 Å². The Hall–Kier alpha value is -1.59. The number of imidazole rings is 1. The van der Waals surface area contributed by atoms with Crippen molar-refractivity contribution in [3.8, 4) is 0 Å². The summed E-state index contributed by atoms with van der Waals surface area (Å²) in [6.07, 6.45) is 1.19. The number of ether oxygens (including phenoxy) is 1. The first-order chi connectivity index (χ1) is 9.19. The number of hydrogen-bond donors (Lipinski definition) is 1. The highest BCUT2D eigenvalue weighted by Crippen LogP contribution is 2.23. The fourth-order valence-corrected chi connectivity index (χ4v) is 2.45. The lowest BCUT2D eigenvalue weighted by Gasteiger charge is -2.27. The van der Waals surface area contributed by atoms with Crippen molar-refractivity contribution >= 4 is 28.6 Å². The second-order valence-corrected chi connectivity index (χ2v) is 4.83. The lowest BCUT2D eigenvalue weighted by atomic mass is 10.1. The highest BCUT2D eigenvalue weighted by molar-refractivity contribution is 6.16. The summed E-state index contributed by atoms with van der Waals surface area (Å²) in [4.78, 5) is 15.5. The standard InChI is InChI=1S/C13H13ClN2O3/c14-6-12-15-10-2-1-8(13(17)18)5-11(10)16(12)7-9-3-4-19-9/h1-2,5,9H,3-4,6-7H2,(H,17,18)/t9-/m1/s1. The summed E-state index contributed by atoms with van der Waals surface area (Å²) in [5.41, 5.74) is 1.82. The van der Waals surface area contributed by atoms with E-state index in [0.717, 1.165) is 29.9 Å². The van der Waals surface area contributed by atoms with Crippen LogP contribution in [0.3, 0.4) is 0 Å². The van der Waals surface area contributed by atoms with Crippen LogP contribution in [0.25, 0.3) is 11.0 Å². The monoisotopic (exact) mass is 280 g/mol. The maximum atomic E-state index is 11.0. The van der Waals surface area contributed by atoms with Gasteiger partial charge < -0.3 is 14.4 Å². The summed E-state index contributed by atoms with van der Waals surface area (Å²) in [5.74, 6) is 0.0979. The van der Waals surface area contributed by atoms with Crippen LogP contribution in [0.15, 0.2) is 18.2 Å². The Balaban J connectivity index is 2.08. The van der Waals surface area contributed by atoms with Gasteiger partial charge in [-0.2, -0.15) is 0 Å². The minimum Gasteiger partial charge on any atom is -0.478 e. The molecule has 0 bridgehead atoms. The predicted molar refractivity (Wildman–Crippen MR) is 70.6 cm³/mol. The fourth-order valence-electron chi connectivity index (χ4n) is 2.24. The van der Waals surface area contributed by atoms with Crippen LogP contribution in [-0.4, -0.2) is 33.3 Å². The summed E-state index contributed by atoms with van der Waals surface area (Å²) in [5, 5.41) is 9.06. The van der Waals surface area contributed by atoms with E-state index in [2.05, 4.69) is 4.98 Å². The number of aromatic nitrogens is 2. The molecule has 2 aromatic rings. The molecule has 1 N–H and O–H groups in total. The Labute approximate surface area is 114 Å². The Kier molecular flexibility index (Phi) is 3.16. The quantitative estimate of drug-likeness (QED) is 0.873. The number of aromatic carboxylic acids is 1. The zero-order valence-corrected chi connectivity index (χ0v) is 10.9. The second kappa shape index (κ2) is 4.83. The van der Waals surface area contributed by atoms with Gasteiger partial charge in [0.05, 0.1) is 35.1 Å². The van der Waals surface area contributed by atoms with Crippen LogP contribution in [0.1, 0.15) is 22.6 Å². The summed E-state index contributed by atoms with van der Waals surface area (Å²) >= 11 is 5.91. The summed E-state index contributed by atoms with van der Waals surface area (Å²) in [6, 6.07) is 4.91. The van der Waals surface area contributed by atoms with E-state index < -0.39 is 5.97 Å². The number of hydrogen-bond acceptors (Lipinski definition) is 3. The molecule has 0 spiro atoms. The van der Waals surface area contributed by atoms with Gasteiger partial charge in [-0.25, -0.2) is 9.78 Å². The lowest BCUT2D eigenvalue weighted by Crippen LogP contribution is -2.31. The van der Waals surface area contributed by atoms with Gasteiger partial charge in [0.25, 0.3) is 0 Å². The SMILES string of the molecule is O=C(O)c1ccc2nc(CCl)n(C[C@H]3CCO3)c2c1. The normalized spacial score (nSPS) is 18.5. The summed E-state index contributed by atoms with van der Waals surface area (Å²) in [7, 11) is 0. The fraction of sp³-hybridized carbons (Fsp3) is 0.385. The van der Waals surface area contributed by atoms with E-state index in [1.165, 1.54) is 0 Å². The maximum absolute atomic E-state index is 11.0. The molecule has 1 fully saturated rings. The zero-order chi connectivity index (χ0) is 13.4. The highest BCUT2D eigenvalue weighted by atomic mass is 35.5. The van der Waals surface area contributed by atoms with Gasteiger partial charge >= 0.3 is 5.97 Å². The summed E-state index contributed by atoms with van der Waals surface area (Å²) < 4.78 is 7.38. The van der Waals surface area contributed by atoms with E-state index in [-0.39, 0.29) is 11.7 Å². The average molecular weight is 281 g/mol. The predicted octanol–water partition coefficient (Wildman–Crippen LogP) is 2.26. The number of halogens is 1. The van der Waals surface area contributed by atoms with Crippen molar-refractivity contribution in [3.05, 3.63) is 29.6 Å². The van der Waals surface area contributed by atoms with Crippen molar-refractivity contribution in [1.29, 1.82) is 0 Å². The molecule has 19 heavy (non-hydrogen) atoms. The number of nitrogens with zero attached hydrogens (tertiary/aromatic N) is 2. The molecule has 1 aliphatic heterocycles. The van der Waals surface area contributed by atoms with Crippen molar-refractivity contribution in [2.24, 2.45) is 0 Å². The van der Waals surface area contributed by atoms with E-state index in [1.54, 1.807) is 18.2 Å². The van der Waals surface area contributed by atoms with Crippen molar-refractivity contribution in [1.82, 2.24) is 9.55 Å². The molecule has 1 aliphatic rings. The molecule has 0 unspecified atom stereocenters. The van der Waals surface area contributed by atoms with E-state index >= 15 is 0 Å². The average Bonchev–Trinajstić information content (AvgIpc) is 2.70. The number of benzene rings is 1. The molecule has 0 radical (unpaired) electrons. The third kappa shape index (κ3) is 2.19. The minimum absolute atomic E-state index is 0.174. The van der Waals surface area contributed by atoms with Crippen molar-refractivity contribution < 1.29 is 14.6 Å². The molecule has 0 saturated carbocycles. The smallest absolute Gasteiger partial charge is 0.335 e. The van der Waals surface area contributed by atoms with Gasteiger partial charge in [-0.1, -0.05) is 0 Å². The molecule has 1 atom stereocenters. The number of carboxylic acid groups (broad SMARTS) is 1. The molecule has 100 valence electrons. The maximum Gasteiger partial charge on any atom is 0.335 e. The van der Waals surface area contributed by atoms with Gasteiger partial charge in [-0.15, -0.1) is 11.6 Å². The van der Waals surface area contributed by atoms with Crippen LogP contribution < -0.4 is 0 Å². The Morgan fingerprint density at radius 2 is 2.37 bits per heavy atom. The first-order valence-corrected chi connectivity index (χ1v) is 6.62. The third-order valence-corrected chi connectivity index (χ3v) is 3.61. The van der Waals surface area contributed by atoms with Gasteiger partial charge in [0, 0.05) is 6.61 Å². The van der Waals surface area contributed by atoms with Crippen LogP contribution in [0.2, 0.25) is 0 Å². The molecule has 3 rings (SSSR count). The number of carbonyl (C=O) groups is 1. The Morgan fingerprint density at radius 3 is 2.95 bits per heavy atom. The highest BCUT2D eigenvalue weighted by Gasteiger charge is 2.21. The molecular weight excluding hydrogens is 268 g/mol. The number of alkyl halides is 1. The molecule has 0 amide bonds. The minimum atomic E-state index is -0.943. The number of carboxylic acids is 1. The van der Waals surface area contributed by atoms with Crippen LogP contribution in [0, 0.1) is 0 Å². The topological polar surface area (TPSA) is 64.3 Å².